The normalized spacial score (nSPS) is 9.92. The molecule has 0 saturated heterocycles. The van der Waals surface area contributed by atoms with Gasteiger partial charge in [0.15, 0.2) is 11.5 Å². The van der Waals surface area contributed by atoms with Gasteiger partial charge in [0, 0.05) is 16.6 Å². The van der Waals surface area contributed by atoms with Gasteiger partial charge in [-0.25, -0.2) is 0 Å². The van der Waals surface area contributed by atoms with E-state index >= 15 is 0 Å². The van der Waals surface area contributed by atoms with Gasteiger partial charge >= 0.3 is 7.12 Å². The van der Waals surface area contributed by atoms with Crippen LogP contribution in [-0.2, 0) is 0 Å². The highest BCUT2D eigenvalue weighted by Crippen LogP contribution is 2.25. The van der Waals surface area contributed by atoms with E-state index in [1.165, 1.54) is 0 Å². The van der Waals surface area contributed by atoms with Crippen molar-refractivity contribution >= 4 is 24.2 Å². The van der Waals surface area contributed by atoms with Gasteiger partial charge in [-0.15, -0.1) is 0 Å². The van der Waals surface area contributed by atoms with Crippen molar-refractivity contribution in [3.63, 3.8) is 0 Å². The topological polar surface area (TPSA) is 80.9 Å². The van der Waals surface area contributed by atoms with E-state index in [2.05, 4.69) is 0 Å². The van der Waals surface area contributed by atoms with E-state index < -0.39 is 18.6 Å². The van der Waals surface area contributed by atoms with Gasteiger partial charge in [0.05, 0.1) is 0 Å². The van der Waals surface area contributed by atoms with Gasteiger partial charge in [0.1, 0.15) is 0 Å². The lowest BCUT2D eigenvalue weighted by atomic mass is 9.80. The van der Waals surface area contributed by atoms with Crippen LogP contribution >= 0.6 is 11.6 Å². The van der Waals surface area contributed by atoms with Crippen molar-refractivity contribution < 1.29 is 20.3 Å². The van der Waals surface area contributed by atoms with Crippen LogP contribution in [0, 0.1) is 0 Å². The Morgan fingerprint density at radius 3 is 2.08 bits per heavy atom. The highest BCUT2D eigenvalue weighted by molar-refractivity contribution is 6.62. The summed E-state index contributed by atoms with van der Waals surface area (Å²) in [4.78, 5) is 0. The van der Waals surface area contributed by atoms with Crippen LogP contribution in [0.5, 0.6) is 11.5 Å². The monoisotopic (exact) mass is 188 g/mol. The summed E-state index contributed by atoms with van der Waals surface area (Å²) in [5.74, 6) is -0.841. The fraction of sp³-hybridized carbons (Fsp3) is 0. The lowest BCUT2D eigenvalue weighted by Crippen LogP contribution is -2.30. The van der Waals surface area contributed by atoms with Crippen LogP contribution in [0.1, 0.15) is 0 Å². The third-order valence-electron chi connectivity index (χ3n) is 1.37. The van der Waals surface area contributed by atoms with Crippen molar-refractivity contribution in [1.29, 1.82) is 0 Å². The quantitative estimate of drug-likeness (QED) is 0.351. The molecule has 0 aliphatic heterocycles. The van der Waals surface area contributed by atoms with E-state index in [0.717, 1.165) is 12.1 Å². The Morgan fingerprint density at radius 1 is 1.08 bits per heavy atom. The molecule has 0 fully saturated rings. The zero-order chi connectivity index (χ0) is 9.30. The molecule has 0 radical (unpaired) electrons. The third-order valence-corrected chi connectivity index (χ3v) is 1.70. The number of halogens is 1. The third kappa shape index (κ3) is 1.63. The van der Waals surface area contributed by atoms with Gasteiger partial charge in [-0.2, -0.15) is 0 Å². The van der Waals surface area contributed by atoms with E-state index in [4.69, 9.17) is 31.9 Å². The molecule has 1 aromatic rings. The van der Waals surface area contributed by atoms with Gasteiger partial charge in [-0.3, -0.25) is 0 Å². The Bertz CT molecular complexity index is 302. The molecule has 0 bridgehead atoms. The standard InChI is InChI=1S/C6H6BClO4/c8-4-2-6(10)5(9)1-3(4)7(11)12/h1-2,9-12H. The Balaban J connectivity index is 3.23. The van der Waals surface area contributed by atoms with Crippen molar-refractivity contribution in [2.75, 3.05) is 0 Å². The molecule has 0 aliphatic rings. The Labute approximate surface area is 73.8 Å². The number of aromatic hydroxyl groups is 2. The zero-order valence-corrected chi connectivity index (χ0v) is 6.65. The first-order valence-corrected chi connectivity index (χ1v) is 3.47. The van der Waals surface area contributed by atoms with E-state index in [-0.39, 0.29) is 10.5 Å². The molecule has 0 aromatic heterocycles. The van der Waals surface area contributed by atoms with Crippen molar-refractivity contribution in [1.82, 2.24) is 0 Å². The Morgan fingerprint density at radius 2 is 1.58 bits per heavy atom. The molecule has 0 saturated carbocycles. The van der Waals surface area contributed by atoms with Gasteiger partial charge in [0.2, 0.25) is 0 Å². The average molecular weight is 188 g/mol. The molecule has 1 rings (SSSR count). The predicted molar refractivity (Wildman–Crippen MR) is 44.6 cm³/mol. The fourth-order valence-corrected chi connectivity index (χ4v) is 1.02. The molecular weight excluding hydrogens is 182 g/mol. The van der Waals surface area contributed by atoms with Crippen LogP contribution in [0.4, 0.5) is 0 Å². The van der Waals surface area contributed by atoms with Gasteiger partial charge < -0.3 is 20.3 Å². The molecule has 1 aromatic carbocycles. The van der Waals surface area contributed by atoms with Crippen molar-refractivity contribution in [2.45, 2.75) is 0 Å². The smallest absolute Gasteiger partial charge is 0.490 e. The summed E-state index contributed by atoms with van der Waals surface area (Å²) in [6.07, 6.45) is 0. The molecule has 0 spiro atoms. The molecule has 0 unspecified atom stereocenters. The van der Waals surface area contributed by atoms with Crippen molar-refractivity contribution in [3.05, 3.63) is 17.2 Å². The minimum atomic E-state index is -1.76. The minimum absolute atomic E-state index is 0.0136. The maximum atomic E-state index is 8.94. The zero-order valence-electron chi connectivity index (χ0n) is 5.90. The summed E-state index contributed by atoms with van der Waals surface area (Å²) >= 11 is 5.51. The first-order chi connectivity index (χ1) is 5.52. The summed E-state index contributed by atoms with van der Waals surface area (Å²) in [7, 11) is -1.76. The second-order valence-corrected chi connectivity index (χ2v) is 2.64. The molecule has 0 amide bonds. The Hall–Kier alpha value is -0.905. The summed E-state index contributed by atoms with van der Waals surface area (Å²) in [5, 5.41) is 35.2. The number of rotatable bonds is 1. The van der Waals surface area contributed by atoms with Crippen molar-refractivity contribution in [3.8, 4) is 11.5 Å². The molecule has 12 heavy (non-hydrogen) atoms. The molecule has 0 heterocycles. The first kappa shape index (κ1) is 9.19. The van der Waals surface area contributed by atoms with Crippen molar-refractivity contribution in [2.24, 2.45) is 0 Å². The van der Waals surface area contributed by atoms with E-state index in [0.29, 0.717) is 0 Å². The molecule has 0 aliphatic carbocycles. The Kier molecular flexibility index (Phi) is 2.47. The van der Waals surface area contributed by atoms with Crippen LogP contribution in [0.3, 0.4) is 0 Å². The van der Waals surface area contributed by atoms with Crippen LogP contribution in [-0.4, -0.2) is 27.4 Å². The molecule has 64 valence electrons. The van der Waals surface area contributed by atoms with Crippen LogP contribution in [0.25, 0.3) is 0 Å². The van der Waals surface area contributed by atoms with Gasteiger partial charge in [0.25, 0.3) is 0 Å². The second-order valence-electron chi connectivity index (χ2n) is 2.24. The number of hydrogen-bond acceptors (Lipinski definition) is 4. The van der Waals surface area contributed by atoms with E-state index in [1.54, 1.807) is 0 Å². The fourth-order valence-electron chi connectivity index (χ4n) is 0.765. The lowest BCUT2D eigenvalue weighted by Gasteiger charge is -2.04. The summed E-state index contributed by atoms with van der Waals surface area (Å²) in [6, 6.07) is 2.02. The molecule has 0 atom stereocenters. The number of phenols is 2. The van der Waals surface area contributed by atoms with Crippen LogP contribution in [0.2, 0.25) is 5.02 Å². The number of benzene rings is 1. The summed E-state index contributed by atoms with van der Waals surface area (Å²) < 4.78 is 0. The van der Waals surface area contributed by atoms with E-state index in [9.17, 15) is 0 Å². The second kappa shape index (κ2) is 3.22. The molecular formula is C6H6BClO4. The first-order valence-electron chi connectivity index (χ1n) is 3.10. The molecule has 4 nitrogen and oxygen atoms in total. The average Bonchev–Trinajstić information content (AvgIpc) is 1.96. The SMILES string of the molecule is OB(O)c1cc(O)c(O)cc1Cl. The summed E-state index contributed by atoms with van der Waals surface area (Å²) in [5.41, 5.74) is -0.0491. The predicted octanol–water partition coefficient (Wildman–Crippen LogP) is -0.569. The number of phenolic OH excluding ortho intramolecular Hbond substituents is 2. The van der Waals surface area contributed by atoms with Gasteiger partial charge in [-0.05, 0) is 6.07 Å². The molecule has 6 heteroatoms. The number of hydrogen-bond donors (Lipinski definition) is 4. The maximum absolute atomic E-state index is 8.94. The van der Waals surface area contributed by atoms with Crippen LogP contribution in [0.15, 0.2) is 12.1 Å². The summed E-state index contributed by atoms with van der Waals surface area (Å²) in [6.45, 7) is 0. The largest absolute Gasteiger partial charge is 0.504 e. The molecule has 4 N–H and O–H groups in total. The maximum Gasteiger partial charge on any atom is 0.490 e. The van der Waals surface area contributed by atoms with Crippen LogP contribution < -0.4 is 5.46 Å². The minimum Gasteiger partial charge on any atom is -0.504 e. The van der Waals surface area contributed by atoms with Gasteiger partial charge in [-0.1, -0.05) is 11.6 Å². The van der Waals surface area contributed by atoms with E-state index in [1.807, 2.05) is 0 Å². The highest BCUT2D eigenvalue weighted by atomic mass is 35.5. The lowest BCUT2D eigenvalue weighted by molar-refractivity contribution is 0.402. The highest BCUT2D eigenvalue weighted by Gasteiger charge is 2.17.